The highest BCUT2D eigenvalue weighted by atomic mass is 16.5. The minimum atomic E-state index is -0.281. The minimum Gasteiger partial charge on any atom is -0.461 e. The normalized spacial score (nSPS) is 12.8. The Morgan fingerprint density at radius 2 is 2.25 bits per heavy atom. The van der Waals surface area contributed by atoms with Gasteiger partial charge in [-0.2, -0.15) is 5.10 Å². The standard InChI is InChI=1S/C11H19N3O2/c1-8(2)6-9(3)16-11(15)7-14-5-4-10(12)13-14/h4-5,8-9H,6-7H2,1-3H3,(H2,12,13). The Hall–Kier alpha value is -1.52. The summed E-state index contributed by atoms with van der Waals surface area (Å²) in [5, 5.41) is 3.91. The number of nitrogen functional groups attached to an aromatic ring is 1. The fraction of sp³-hybridized carbons (Fsp3) is 0.636. The van der Waals surface area contributed by atoms with Gasteiger partial charge in [0, 0.05) is 6.20 Å². The van der Waals surface area contributed by atoms with E-state index in [-0.39, 0.29) is 18.6 Å². The van der Waals surface area contributed by atoms with Crippen molar-refractivity contribution in [2.45, 2.75) is 39.8 Å². The van der Waals surface area contributed by atoms with E-state index < -0.39 is 0 Å². The van der Waals surface area contributed by atoms with E-state index in [1.54, 1.807) is 12.3 Å². The fourth-order valence-corrected chi connectivity index (χ4v) is 1.57. The average Bonchev–Trinajstić information content (AvgIpc) is 2.48. The van der Waals surface area contributed by atoms with Gasteiger partial charge in [-0.25, -0.2) is 0 Å². The molecule has 0 aliphatic carbocycles. The molecule has 0 aliphatic rings. The lowest BCUT2D eigenvalue weighted by molar-refractivity contribution is -0.149. The number of esters is 1. The van der Waals surface area contributed by atoms with E-state index >= 15 is 0 Å². The van der Waals surface area contributed by atoms with E-state index in [0.717, 1.165) is 6.42 Å². The lowest BCUT2D eigenvalue weighted by Crippen LogP contribution is -2.21. The van der Waals surface area contributed by atoms with Gasteiger partial charge in [0.2, 0.25) is 0 Å². The van der Waals surface area contributed by atoms with Crippen LogP contribution >= 0.6 is 0 Å². The Balaban J connectivity index is 2.36. The molecular formula is C11H19N3O2. The molecule has 90 valence electrons. The Morgan fingerprint density at radius 1 is 1.56 bits per heavy atom. The van der Waals surface area contributed by atoms with Gasteiger partial charge in [0.1, 0.15) is 12.4 Å². The molecule has 0 radical (unpaired) electrons. The molecule has 16 heavy (non-hydrogen) atoms. The summed E-state index contributed by atoms with van der Waals surface area (Å²) in [5.41, 5.74) is 5.44. The Kier molecular flexibility index (Phi) is 4.34. The van der Waals surface area contributed by atoms with Gasteiger partial charge in [-0.15, -0.1) is 0 Å². The molecule has 0 amide bonds. The van der Waals surface area contributed by atoms with Crippen molar-refractivity contribution >= 4 is 11.8 Å². The van der Waals surface area contributed by atoms with E-state index in [1.807, 2.05) is 6.92 Å². The molecule has 5 nitrogen and oxygen atoms in total. The second-order valence-corrected chi connectivity index (χ2v) is 4.37. The van der Waals surface area contributed by atoms with Crippen LogP contribution in [0.15, 0.2) is 12.3 Å². The van der Waals surface area contributed by atoms with Crippen molar-refractivity contribution in [2.75, 3.05) is 5.73 Å². The van der Waals surface area contributed by atoms with Crippen LogP contribution in [-0.4, -0.2) is 21.9 Å². The van der Waals surface area contributed by atoms with Crippen LogP contribution in [0.3, 0.4) is 0 Å². The van der Waals surface area contributed by atoms with Crippen LogP contribution in [-0.2, 0) is 16.1 Å². The number of ether oxygens (including phenoxy) is 1. The predicted octanol–water partition coefficient (Wildman–Crippen LogP) is 1.44. The Labute approximate surface area is 95.6 Å². The summed E-state index contributed by atoms with van der Waals surface area (Å²) in [5.74, 6) is 0.641. The molecule has 0 aromatic carbocycles. The van der Waals surface area contributed by atoms with Crippen molar-refractivity contribution in [1.29, 1.82) is 0 Å². The van der Waals surface area contributed by atoms with Crippen LogP contribution < -0.4 is 5.73 Å². The first-order valence-electron chi connectivity index (χ1n) is 5.45. The van der Waals surface area contributed by atoms with Gasteiger partial charge in [-0.3, -0.25) is 9.48 Å². The van der Waals surface area contributed by atoms with Gasteiger partial charge in [-0.1, -0.05) is 13.8 Å². The number of rotatable bonds is 5. The second kappa shape index (κ2) is 5.53. The van der Waals surface area contributed by atoms with Crippen molar-refractivity contribution in [3.05, 3.63) is 12.3 Å². The van der Waals surface area contributed by atoms with Crippen LogP contribution in [0.25, 0.3) is 0 Å². The summed E-state index contributed by atoms with van der Waals surface area (Å²) in [6.07, 6.45) is 2.47. The number of carbonyl (C=O) groups is 1. The molecule has 2 N–H and O–H groups in total. The predicted molar refractivity (Wildman–Crippen MR) is 61.6 cm³/mol. The van der Waals surface area contributed by atoms with Crippen LogP contribution in [0.4, 0.5) is 5.82 Å². The zero-order chi connectivity index (χ0) is 12.1. The molecule has 0 bridgehead atoms. The molecule has 1 rings (SSSR count). The van der Waals surface area contributed by atoms with E-state index in [0.29, 0.717) is 11.7 Å². The molecule has 0 spiro atoms. The summed E-state index contributed by atoms with van der Waals surface area (Å²) in [4.78, 5) is 11.5. The number of hydrogen-bond acceptors (Lipinski definition) is 4. The molecule has 1 atom stereocenters. The van der Waals surface area contributed by atoms with Crippen molar-refractivity contribution < 1.29 is 9.53 Å². The minimum absolute atomic E-state index is 0.0552. The number of anilines is 1. The van der Waals surface area contributed by atoms with E-state index in [2.05, 4.69) is 18.9 Å². The largest absolute Gasteiger partial charge is 0.461 e. The molecule has 1 aromatic heterocycles. The first kappa shape index (κ1) is 12.5. The van der Waals surface area contributed by atoms with Gasteiger partial charge in [0.25, 0.3) is 0 Å². The maximum atomic E-state index is 11.5. The number of aromatic nitrogens is 2. The molecule has 5 heteroatoms. The zero-order valence-corrected chi connectivity index (χ0v) is 10.0. The molecule has 1 heterocycles. The second-order valence-electron chi connectivity index (χ2n) is 4.37. The maximum absolute atomic E-state index is 11.5. The van der Waals surface area contributed by atoms with Gasteiger partial charge in [0.05, 0.1) is 6.10 Å². The third-order valence-electron chi connectivity index (χ3n) is 2.09. The van der Waals surface area contributed by atoms with Crippen molar-refractivity contribution in [2.24, 2.45) is 5.92 Å². The summed E-state index contributed by atoms with van der Waals surface area (Å²) in [6.45, 7) is 6.20. The van der Waals surface area contributed by atoms with E-state index in [9.17, 15) is 4.79 Å². The summed E-state index contributed by atoms with van der Waals surface area (Å²) in [7, 11) is 0. The molecular weight excluding hydrogens is 206 g/mol. The number of carbonyl (C=O) groups excluding carboxylic acids is 1. The summed E-state index contributed by atoms with van der Waals surface area (Å²) < 4.78 is 6.71. The highest BCUT2D eigenvalue weighted by Gasteiger charge is 2.11. The molecule has 0 saturated carbocycles. The Bertz CT molecular complexity index is 347. The third-order valence-corrected chi connectivity index (χ3v) is 2.09. The van der Waals surface area contributed by atoms with Gasteiger partial charge in [-0.05, 0) is 25.3 Å². The monoisotopic (exact) mass is 225 g/mol. The summed E-state index contributed by atoms with van der Waals surface area (Å²) in [6, 6.07) is 1.64. The Morgan fingerprint density at radius 3 is 2.75 bits per heavy atom. The number of nitrogens with two attached hydrogens (primary N) is 1. The lowest BCUT2D eigenvalue weighted by Gasteiger charge is -2.15. The quantitative estimate of drug-likeness (QED) is 0.770. The molecule has 0 aliphatic heterocycles. The summed E-state index contributed by atoms with van der Waals surface area (Å²) >= 11 is 0. The first-order chi connectivity index (χ1) is 7.47. The maximum Gasteiger partial charge on any atom is 0.328 e. The highest BCUT2D eigenvalue weighted by molar-refractivity contribution is 5.69. The molecule has 1 aromatic rings. The van der Waals surface area contributed by atoms with Crippen molar-refractivity contribution in [3.63, 3.8) is 0 Å². The van der Waals surface area contributed by atoms with Crippen LogP contribution in [0.5, 0.6) is 0 Å². The van der Waals surface area contributed by atoms with E-state index in [1.165, 1.54) is 4.68 Å². The fourth-order valence-electron chi connectivity index (χ4n) is 1.57. The van der Waals surface area contributed by atoms with Gasteiger partial charge < -0.3 is 10.5 Å². The average molecular weight is 225 g/mol. The van der Waals surface area contributed by atoms with Crippen LogP contribution in [0.1, 0.15) is 27.2 Å². The number of nitrogens with zero attached hydrogens (tertiary/aromatic N) is 2. The van der Waals surface area contributed by atoms with Crippen LogP contribution in [0, 0.1) is 5.92 Å². The lowest BCUT2D eigenvalue weighted by atomic mass is 10.1. The van der Waals surface area contributed by atoms with Gasteiger partial charge >= 0.3 is 5.97 Å². The molecule has 0 saturated heterocycles. The van der Waals surface area contributed by atoms with Gasteiger partial charge in [0.15, 0.2) is 0 Å². The van der Waals surface area contributed by atoms with Crippen molar-refractivity contribution in [3.8, 4) is 0 Å². The zero-order valence-electron chi connectivity index (χ0n) is 10.0. The van der Waals surface area contributed by atoms with Crippen molar-refractivity contribution in [1.82, 2.24) is 9.78 Å². The van der Waals surface area contributed by atoms with Crippen LogP contribution in [0.2, 0.25) is 0 Å². The highest BCUT2D eigenvalue weighted by Crippen LogP contribution is 2.08. The topological polar surface area (TPSA) is 70.1 Å². The number of hydrogen-bond donors (Lipinski definition) is 1. The smallest absolute Gasteiger partial charge is 0.328 e. The third kappa shape index (κ3) is 4.33. The first-order valence-corrected chi connectivity index (χ1v) is 5.45. The SMILES string of the molecule is CC(C)CC(C)OC(=O)Cn1ccc(N)n1. The molecule has 0 fully saturated rings. The van der Waals surface area contributed by atoms with E-state index in [4.69, 9.17) is 10.5 Å². The molecule has 1 unspecified atom stereocenters.